The van der Waals surface area contributed by atoms with Gasteiger partial charge in [-0.3, -0.25) is 4.68 Å². The first-order chi connectivity index (χ1) is 18.7. The smallest absolute Gasteiger partial charge is 0.407 e. The van der Waals surface area contributed by atoms with Gasteiger partial charge >= 0.3 is 6.09 Å². The highest BCUT2D eigenvalue weighted by Gasteiger charge is 2.20. The third-order valence-electron chi connectivity index (χ3n) is 6.07. The van der Waals surface area contributed by atoms with E-state index in [1.165, 1.54) is 11.9 Å². The van der Waals surface area contributed by atoms with Gasteiger partial charge in [0.1, 0.15) is 17.1 Å². The first-order valence-electron chi connectivity index (χ1n) is 13.1. The van der Waals surface area contributed by atoms with Crippen molar-refractivity contribution in [3.8, 4) is 5.75 Å². The summed E-state index contributed by atoms with van der Waals surface area (Å²) in [5.41, 5.74) is 1.86. The number of carbonyl (C=O) groups is 1. The van der Waals surface area contributed by atoms with Crippen LogP contribution in [-0.2, 0) is 22.6 Å². The maximum absolute atomic E-state index is 12.0. The Balaban J connectivity index is 1.47. The minimum Gasteiger partial charge on any atom is -0.496 e. The number of fused-ring (bicyclic) bond motifs is 1. The van der Waals surface area contributed by atoms with E-state index in [9.17, 15) is 4.79 Å². The number of hydrogen-bond acceptors (Lipinski definition) is 9. The van der Waals surface area contributed by atoms with Crippen LogP contribution in [0.3, 0.4) is 0 Å². The maximum atomic E-state index is 12.0. The summed E-state index contributed by atoms with van der Waals surface area (Å²) in [6.07, 6.45) is 9.36. The summed E-state index contributed by atoms with van der Waals surface area (Å²) >= 11 is 1.50. The molecule has 2 heterocycles. The minimum atomic E-state index is -0.549. The standard InChI is InChI=1S/C28H37N5O5S/c1-7-18-9-10-22(35-6)25(11-18)39-32-26-21-13-23(36-8-2)20(12-24(21)38-31-26)17-33-16-19(15-30-33)14-29-27(34)37-28(3,4)5/h9-10,12-13,15-16,18H,7-8,11,14,17H2,1-6H3,(H,29,34)(H,31,32). The number of nitrogens with zero attached hydrogens (tertiary/aromatic N) is 3. The van der Waals surface area contributed by atoms with Crippen molar-refractivity contribution in [2.45, 2.75) is 66.2 Å². The topological polar surface area (TPSA) is 113 Å². The number of amides is 1. The molecular weight excluding hydrogens is 518 g/mol. The Morgan fingerprint density at radius 3 is 2.82 bits per heavy atom. The lowest BCUT2D eigenvalue weighted by Crippen LogP contribution is -2.32. The summed E-state index contributed by atoms with van der Waals surface area (Å²) in [5, 5.41) is 12.3. The summed E-state index contributed by atoms with van der Waals surface area (Å²) in [6.45, 7) is 10.9. The summed E-state index contributed by atoms with van der Waals surface area (Å²) in [5.74, 6) is 2.71. The molecule has 1 amide bonds. The van der Waals surface area contributed by atoms with Crippen LogP contribution in [0.5, 0.6) is 5.75 Å². The summed E-state index contributed by atoms with van der Waals surface area (Å²) in [6, 6.07) is 3.88. The Hall–Kier alpha value is -3.60. The Morgan fingerprint density at radius 1 is 1.28 bits per heavy atom. The number of carbonyl (C=O) groups excluding carboxylic acids is 1. The SMILES string of the molecule is CCOc1cc2c(NSC3=C(OC)C=CC(CC)C3)noc2cc1Cn1cc(CNC(=O)OC(C)(C)C)cn1. The third-order valence-corrected chi connectivity index (χ3v) is 6.97. The van der Waals surface area contributed by atoms with E-state index in [4.69, 9.17) is 18.7 Å². The number of aromatic nitrogens is 3. The fraction of sp³-hybridized carbons (Fsp3) is 0.464. The van der Waals surface area contributed by atoms with Crippen LogP contribution in [0.15, 0.2) is 51.9 Å². The molecule has 1 unspecified atom stereocenters. The number of ether oxygens (including phenoxy) is 3. The van der Waals surface area contributed by atoms with Gasteiger partial charge in [0, 0.05) is 28.8 Å². The maximum Gasteiger partial charge on any atom is 0.407 e. The lowest BCUT2D eigenvalue weighted by Gasteiger charge is -2.20. The number of anilines is 1. The molecule has 1 aliphatic carbocycles. The van der Waals surface area contributed by atoms with Gasteiger partial charge in [0.2, 0.25) is 0 Å². The van der Waals surface area contributed by atoms with E-state index in [-0.39, 0.29) is 0 Å². The van der Waals surface area contributed by atoms with E-state index in [1.54, 1.807) is 18.0 Å². The van der Waals surface area contributed by atoms with Gasteiger partial charge in [0.05, 0.1) is 31.8 Å². The molecule has 0 bridgehead atoms. The molecule has 0 spiro atoms. The number of benzene rings is 1. The molecule has 0 fully saturated rings. The van der Waals surface area contributed by atoms with E-state index in [0.29, 0.717) is 37.0 Å². The molecule has 0 radical (unpaired) electrons. The van der Waals surface area contributed by atoms with Crippen LogP contribution < -0.4 is 14.8 Å². The van der Waals surface area contributed by atoms with Crippen LogP contribution in [0.25, 0.3) is 11.0 Å². The molecule has 1 atom stereocenters. The van der Waals surface area contributed by atoms with Gasteiger partial charge in [0.25, 0.3) is 0 Å². The first kappa shape index (κ1) is 28.4. The number of rotatable bonds is 11. The van der Waals surface area contributed by atoms with Crippen molar-refractivity contribution in [2.24, 2.45) is 5.92 Å². The quantitative estimate of drug-likeness (QED) is 0.259. The Bertz CT molecular complexity index is 1350. The molecular formula is C28H37N5O5S. The predicted octanol–water partition coefficient (Wildman–Crippen LogP) is 6.40. The summed E-state index contributed by atoms with van der Waals surface area (Å²) in [4.78, 5) is 13.1. The highest BCUT2D eigenvalue weighted by atomic mass is 32.2. The molecule has 3 aromatic rings. The molecule has 0 saturated heterocycles. The normalized spacial score (nSPS) is 15.5. The predicted molar refractivity (Wildman–Crippen MR) is 152 cm³/mol. The molecule has 0 saturated carbocycles. The summed E-state index contributed by atoms with van der Waals surface area (Å²) in [7, 11) is 1.69. The minimum absolute atomic E-state index is 0.317. The van der Waals surface area contributed by atoms with Crippen molar-refractivity contribution in [1.82, 2.24) is 20.3 Å². The van der Waals surface area contributed by atoms with Crippen molar-refractivity contribution in [3.63, 3.8) is 0 Å². The van der Waals surface area contributed by atoms with Crippen molar-refractivity contribution in [1.29, 1.82) is 0 Å². The number of allylic oxidation sites excluding steroid dienone is 3. The van der Waals surface area contributed by atoms with Crippen LogP contribution in [0.2, 0.25) is 0 Å². The second-order valence-electron chi connectivity index (χ2n) is 10.2. The van der Waals surface area contributed by atoms with E-state index < -0.39 is 11.7 Å². The lowest BCUT2D eigenvalue weighted by molar-refractivity contribution is 0.0523. The number of methoxy groups -OCH3 is 1. The van der Waals surface area contributed by atoms with E-state index in [1.807, 2.05) is 52.1 Å². The van der Waals surface area contributed by atoms with Crippen molar-refractivity contribution < 1.29 is 23.5 Å². The van der Waals surface area contributed by atoms with Crippen molar-refractivity contribution >= 4 is 34.8 Å². The zero-order chi connectivity index (χ0) is 28.0. The van der Waals surface area contributed by atoms with Gasteiger partial charge in [0.15, 0.2) is 11.4 Å². The van der Waals surface area contributed by atoms with E-state index in [0.717, 1.165) is 45.8 Å². The van der Waals surface area contributed by atoms with Gasteiger partial charge in [-0.25, -0.2) is 4.79 Å². The molecule has 1 aromatic carbocycles. The second kappa shape index (κ2) is 12.5. The van der Waals surface area contributed by atoms with E-state index in [2.05, 4.69) is 33.3 Å². The average Bonchev–Trinajstić information content (AvgIpc) is 3.51. The lowest BCUT2D eigenvalue weighted by atomic mass is 9.97. The van der Waals surface area contributed by atoms with Crippen LogP contribution in [-0.4, -0.2) is 40.3 Å². The molecule has 11 heteroatoms. The molecule has 0 aliphatic heterocycles. The number of alkyl carbamates (subject to hydrolysis) is 1. The Labute approximate surface area is 233 Å². The van der Waals surface area contributed by atoms with Crippen LogP contribution in [0, 0.1) is 5.92 Å². The average molecular weight is 556 g/mol. The fourth-order valence-electron chi connectivity index (χ4n) is 4.13. The molecule has 39 heavy (non-hydrogen) atoms. The molecule has 2 aromatic heterocycles. The third kappa shape index (κ3) is 7.50. The van der Waals surface area contributed by atoms with Gasteiger partial charge in [-0.1, -0.05) is 18.2 Å². The highest BCUT2D eigenvalue weighted by molar-refractivity contribution is 8.04. The fourth-order valence-corrected chi connectivity index (χ4v) is 5.04. The van der Waals surface area contributed by atoms with Crippen molar-refractivity contribution in [2.75, 3.05) is 18.4 Å². The van der Waals surface area contributed by atoms with Crippen LogP contribution >= 0.6 is 11.9 Å². The second-order valence-corrected chi connectivity index (χ2v) is 11.2. The first-order valence-corrected chi connectivity index (χ1v) is 13.9. The number of nitrogens with one attached hydrogen (secondary N) is 2. The summed E-state index contributed by atoms with van der Waals surface area (Å²) < 4.78 is 27.6. The molecule has 1 aliphatic rings. The molecule has 210 valence electrons. The van der Waals surface area contributed by atoms with E-state index >= 15 is 0 Å². The number of hydrogen-bond donors (Lipinski definition) is 2. The zero-order valence-electron chi connectivity index (χ0n) is 23.4. The largest absolute Gasteiger partial charge is 0.496 e. The van der Waals surface area contributed by atoms with Gasteiger partial charge < -0.3 is 28.8 Å². The Morgan fingerprint density at radius 2 is 2.10 bits per heavy atom. The van der Waals surface area contributed by atoms with Crippen LogP contribution in [0.4, 0.5) is 10.6 Å². The van der Waals surface area contributed by atoms with Gasteiger partial charge in [-0.05, 0) is 76.6 Å². The molecule has 10 nitrogen and oxygen atoms in total. The van der Waals surface area contributed by atoms with Gasteiger partial charge in [-0.2, -0.15) is 5.10 Å². The Kier molecular flexibility index (Phi) is 9.11. The molecule has 2 N–H and O–H groups in total. The van der Waals surface area contributed by atoms with Crippen molar-refractivity contribution in [3.05, 3.63) is 58.5 Å². The van der Waals surface area contributed by atoms with Gasteiger partial charge in [-0.15, -0.1) is 0 Å². The van der Waals surface area contributed by atoms with Crippen LogP contribution in [0.1, 0.15) is 58.6 Å². The zero-order valence-corrected chi connectivity index (χ0v) is 24.2. The highest BCUT2D eigenvalue weighted by Crippen LogP contribution is 2.37. The molecule has 4 rings (SSSR count). The monoisotopic (exact) mass is 555 g/mol.